The lowest BCUT2D eigenvalue weighted by molar-refractivity contribution is 0.497. The van der Waals surface area contributed by atoms with E-state index < -0.39 is 0 Å². The van der Waals surface area contributed by atoms with E-state index in [9.17, 15) is 0 Å². The van der Waals surface area contributed by atoms with E-state index in [1.807, 2.05) is 0 Å². The molecule has 0 bridgehead atoms. The first kappa shape index (κ1) is 10.1. The Hall–Kier alpha value is 0. The summed E-state index contributed by atoms with van der Waals surface area (Å²) in [7, 11) is 0. The Kier molecular flexibility index (Phi) is 3.61. The standard InChI is InChI=1S/C12H24/c1-5-6-11-10(4)12(11)8-7-9(2)3/h9-12H,5-8H2,1-4H3. The third-order valence-corrected chi connectivity index (χ3v) is 3.46. The number of hydrogen-bond acceptors (Lipinski definition) is 0. The molecule has 0 amide bonds. The molecule has 0 heterocycles. The van der Waals surface area contributed by atoms with Gasteiger partial charge in [-0.2, -0.15) is 0 Å². The number of rotatable bonds is 5. The maximum Gasteiger partial charge on any atom is -0.0355 e. The van der Waals surface area contributed by atoms with E-state index in [1.165, 1.54) is 25.7 Å². The second kappa shape index (κ2) is 4.30. The molecule has 3 atom stereocenters. The Labute approximate surface area is 77.7 Å². The summed E-state index contributed by atoms with van der Waals surface area (Å²) in [5.41, 5.74) is 0. The van der Waals surface area contributed by atoms with Crippen LogP contribution in [-0.2, 0) is 0 Å². The van der Waals surface area contributed by atoms with Crippen LogP contribution in [0.15, 0.2) is 0 Å². The van der Waals surface area contributed by atoms with Gasteiger partial charge in [-0.1, -0.05) is 47.0 Å². The summed E-state index contributed by atoms with van der Waals surface area (Å²) in [6, 6.07) is 0. The van der Waals surface area contributed by atoms with Gasteiger partial charge in [0.05, 0.1) is 0 Å². The second-order valence-electron chi connectivity index (χ2n) is 4.95. The van der Waals surface area contributed by atoms with Crippen molar-refractivity contribution in [3.63, 3.8) is 0 Å². The largest absolute Gasteiger partial charge is 0.0654 e. The van der Waals surface area contributed by atoms with Gasteiger partial charge in [0, 0.05) is 0 Å². The Morgan fingerprint density at radius 1 is 1.08 bits per heavy atom. The van der Waals surface area contributed by atoms with Crippen LogP contribution in [-0.4, -0.2) is 0 Å². The predicted octanol–water partition coefficient (Wildman–Crippen LogP) is 4.10. The highest BCUT2D eigenvalue weighted by Gasteiger charge is 2.44. The van der Waals surface area contributed by atoms with Crippen molar-refractivity contribution in [1.82, 2.24) is 0 Å². The zero-order valence-corrected chi connectivity index (χ0v) is 9.14. The quantitative estimate of drug-likeness (QED) is 0.579. The summed E-state index contributed by atoms with van der Waals surface area (Å²) >= 11 is 0. The fraction of sp³-hybridized carbons (Fsp3) is 1.00. The smallest absolute Gasteiger partial charge is 0.0355 e. The van der Waals surface area contributed by atoms with Crippen LogP contribution < -0.4 is 0 Å². The molecule has 0 aromatic rings. The molecule has 1 aliphatic carbocycles. The highest BCUT2D eigenvalue weighted by Crippen LogP contribution is 2.51. The fourth-order valence-corrected chi connectivity index (χ4v) is 2.45. The van der Waals surface area contributed by atoms with Crippen molar-refractivity contribution < 1.29 is 0 Å². The molecule has 3 unspecified atom stereocenters. The Balaban J connectivity index is 2.11. The number of hydrogen-bond donors (Lipinski definition) is 0. The van der Waals surface area contributed by atoms with Gasteiger partial charge in [-0.3, -0.25) is 0 Å². The molecule has 0 aliphatic heterocycles. The van der Waals surface area contributed by atoms with E-state index in [2.05, 4.69) is 27.7 Å². The summed E-state index contributed by atoms with van der Waals surface area (Å²) in [5.74, 6) is 4.13. The molecule has 0 spiro atoms. The van der Waals surface area contributed by atoms with Gasteiger partial charge in [0.25, 0.3) is 0 Å². The topological polar surface area (TPSA) is 0 Å². The average molecular weight is 168 g/mol. The summed E-state index contributed by atoms with van der Waals surface area (Å²) in [6.07, 6.45) is 5.79. The SMILES string of the molecule is CCCC1C(C)C1CCC(C)C. The molecule has 0 N–H and O–H groups in total. The molecule has 72 valence electrons. The molecular formula is C12H24. The maximum absolute atomic E-state index is 2.44. The molecule has 0 radical (unpaired) electrons. The van der Waals surface area contributed by atoms with Crippen molar-refractivity contribution >= 4 is 0 Å². The normalized spacial score (nSPS) is 34.2. The minimum atomic E-state index is 0.903. The molecule has 0 aromatic heterocycles. The molecule has 0 heteroatoms. The van der Waals surface area contributed by atoms with Crippen molar-refractivity contribution in [2.24, 2.45) is 23.7 Å². The van der Waals surface area contributed by atoms with Gasteiger partial charge < -0.3 is 0 Å². The first-order valence-corrected chi connectivity index (χ1v) is 5.66. The minimum Gasteiger partial charge on any atom is -0.0654 e. The van der Waals surface area contributed by atoms with Gasteiger partial charge in [0.1, 0.15) is 0 Å². The van der Waals surface area contributed by atoms with Crippen LogP contribution in [0, 0.1) is 23.7 Å². The molecule has 0 saturated heterocycles. The van der Waals surface area contributed by atoms with Crippen LogP contribution in [0.5, 0.6) is 0 Å². The van der Waals surface area contributed by atoms with Crippen molar-refractivity contribution in [3.05, 3.63) is 0 Å². The molecule has 1 fully saturated rings. The summed E-state index contributed by atoms with van der Waals surface area (Å²) in [5, 5.41) is 0. The Morgan fingerprint density at radius 2 is 1.67 bits per heavy atom. The summed E-state index contributed by atoms with van der Waals surface area (Å²) in [4.78, 5) is 0. The molecule has 1 saturated carbocycles. The Morgan fingerprint density at radius 3 is 2.17 bits per heavy atom. The summed E-state index contributed by atoms with van der Waals surface area (Å²) in [6.45, 7) is 9.42. The molecule has 0 nitrogen and oxygen atoms in total. The van der Waals surface area contributed by atoms with E-state index in [0.29, 0.717) is 0 Å². The molecule has 12 heavy (non-hydrogen) atoms. The lowest BCUT2D eigenvalue weighted by atomic mass is 10.0. The van der Waals surface area contributed by atoms with Crippen molar-refractivity contribution in [1.29, 1.82) is 0 Å². The molecular weight excluding hydrogens is 144 g/mol. The fourth-order valence-electron chi connectivity index (χ4n) is 2.45. The van der Waals surface area contributed by atoms with Gasteiger partial charge >= 0.3 is 0 Å². The van der Waals surface area contributed by atoms with E-state index >= 15 is 0 Å². The third-order valence-electron chi connectivity index (χ3n) is 3.46. The van der Waals surface area contributed by atoms with E-state index in [4.69, 9.17) is 0 Å². The van der Waals surface area contributed by atoms with Gasteiger partial charge in [0.2, 0.25) is 0 Å². The van der Waals surface area contributed by atoms with Gasteiger partial charge in [-0.05, 0) is 30.1 Å². The van der Waals surface area contributed by atoms with E-state index in [0.717, 1.165) is 23.7 Å². The monoisotopic (exact) mass is 168 g/mol. The average Bonchev–Trinajstić information content (AvgIpc) is 2.59. The van der Waals surface area contributed by atoms with Crippen LogP contribution in [0.3, 0.4) is 0 Å². The van der Waals surface area contributed by atoms with Crippen LogP contribution in [0.25, 0.3) is 0 Å². The van der Waals surface area contributed by atoms with E-state index in [-0.39, 0.29) is 0 Å². The predicted molar refractivity (Wildman–Crippen MR) is 55.1 cm³/mol. The minimum absolute atomic E-state index is 0.903. The molecule has 1 aliphatic rings. The van der Waals surface area contributed by atoms with Crippen molar-refractivity contribution in [2.75, 3.05) is 0 Å². The van der Waals surface area contributed by atoms with Crippen LogP contribution in [0.1, 0.15) is 53.4 Å². The lowest BCUT2D eigenvalue weighted by Gasteiger charge is -2.02. The highest BCUT2D eigenvalue weighted by atomic mass is 14.5. The highest BCUT2D eigenvalue weighted by molar-refractivity contribution is 4.93. The Bertz CT molecular complexity index is 126. The van der Waals surface area contributed by atoms with Crippen LogP contribution >= 0.6 is 0 Å². The summed E-state index contributed by atoms with van der Waals surface area (Å²) < 4.78 is 0. The maximum atomic E-state index is 2.44. The van der Waals surface area contributed by atoms with Crippen molar-refractivity contribution in [3.8, 4) is 0 Å². The molecule has 0 aromatic carbocycles. The lowest BCUT2D eigenvalue weighted by Crippen LogP contribution is -1.90. The zero-order valence-electron chi connectivity index (χ0n) is 9.14. The van der Waals surface area contributed by atoms with Gasteiger partial charge in [-0.25, -0.2) is 0 Å². The zero-order chi connectivity index (χ0) is 9.14. The van der Waals surface area contributed by atoms with E-state index in [1.54, 1.807) is 0 Å². The third kappa shape index (κ3) is 2.50. The first-order chi connectivity index (χ1) is 5.66. The van der Waals surface area contributed by atoms with Crippen LogP contribution in [0.2, 0.25) is 0 Å². The molecule has 1 rings (SSSR count). The first-order valence-electron chi connectivity index (χ1n) is 5.66. The van der Waals surface area contributed by atoms with Gasteiger partial charge in [-0.15, -0.1) is 0 Å². The van der Waals surface area contributed by atoms with Gasteiger partial charge in [0.15, 0.2) is 0 Å². The van der Waals surface area contributed by atoms with Crippen LogP contribution in [0.4, 0.5) is 0 Å². The van der Waals surface area contributed by atoms with Crippen molar-refractivity contribution in [2.45, 2.75) is 53.4 Å². The second-order valence-corrected chi connectivity index (χ2v) is 4.95.